The van der Waals surface area contributed by atoms with Gasteiger partial charge in [0.2, 0.25) is 0 Å². The number of amides is 2. The SMILES string of the molecule is O=C(NCCn1nc(-c2cccc(C(F)(F)F)c2)n(C2CC2)c1=O)NC1CCCCC1. The molecule has 7 nitrogen and oxygen atoms in total. The maximum absolute atomic E-state index is 13.1. The Balaban J connectivity index is 1.46. The third-order valence-corrected chi connectivity index (χ3v) is 5.78. The zero-order chi connectivity index (χ0) is 22.0. The van der Waals surface area contributed by atoms with Crippen LogP contribution in [-0.4, -0.2) is 33.0 Å². The fraction of sp³-hybridized carbons (Fsp3) is 0.571. The molecule has 2 aliphatic carbocycles. The number of nitrogens with zero attached hydrogens (tertiary/aromatic N) is 3. The molecule has 2 aliphatic rings. The van der Waals surface area contributed by atoms with Gasteiger partial charge in [0.25, 0.3) is 0 Å². The van der Waals surface area contributed by atoms with Gasteiger partial charge in [-0.2, -0.15) is 13.2 Å². The summed E-state index contributed by atoms with van der Waals surface area (Å²) in [5, 5.41) is 9.99. The van der Waals surface area contributed by atoms with Gasteiger partial charge in [-0.15, -0.1) is 5.10 Å². The van der Waals surface area contributed by atoms with Crippen LogP contribution in [0.3, 0.4) is 0 Å². The molecule has 0 atom stereocenters. The number of aromatic nitrogens is 3. The summed E-state index contributed by atoms with van der Waals surface area (Å²) in [5.41, 5.74) is -0.902. The zero-order valence-electron chi connectivity index (χ0n) is 17.1. The highest BCUT2D eigenvalue weighted by Gasteiger charge is 2.33. The minimum atomic E-state index is -4.47. The van der Waals surface area contributed by atoms with E-state index in [1.54, 1.807) is 0 Å². The highest BCUT2D eigenvalue weighted by atomic mass is 19.4. The Bertz CT molecular complexity index is 988. The molecule has 168 valence electrons. The number of rotatable bonds is 6. The highest BCUT2D eigenvalue weighted by Crippen LogP contribution is 2.37. The van der Waals surface area contributed by atoms with E-state index in [4.69, 9.17) is 0 Å². The van der Waals surface area contributed by atoms with Crippen LogP contribution in [0.25, 0.3) is 11.4 Å². The van der Waals surface area contributed by atoms with Crippen molar-refractivity contribution < 1.29 is 18.0 Å². The average Bonchev–Trinajstić information content (AvgIpc) is 3.52. The lowest BCUT2D eigenvalue weighted by atomic mass is 9.96. The number of hydrogen-bond donors (Lipinski definition) is 2. The third-order valence-electron chi connectivity index (χ3n) is 5.78. The van der Waals surface area contributed by atoms with Crippen molar-refractivity contribution in [3.63, 3.8) is 0 Å². The summed E-state index contributed by atoms with van der Waals surface area (Å²) in [6.07, 6.45) is 2.46. The minimum absolute atomic E-state index is 0.0478. The van der Waals surface area contributed by atoms with E-state index in [1.807, 2.05) is 0 Å². The molecule has 31 heavy (non-hydrogen) atoms. The van der Waals surface area contributed by atoms with Crippen LogP contribution in [0, 0.1) is 0 Å². The van der Waals surface area contributed by atoms with Gasteiger partial charge in [0.05, 0.1) is 12.1 Å². The summed E-state index contributed by atoms with van der Waals surface area (Å²) in [7, 11) is 0. The van der Waals surface area contributed by atoms with Gasteiger partial charge in [0.1, 0.15) is 0 Å². The Morgan fingerprint density at radius 3 is 2.55 bits per heavy atom. The lowest BCUT2D eigenvalue weighted by Crippen LogP contribution is -2.44. The number of alkyl halides is 3. The van der Waals surface area contributed by atoms with Crippen molar-refractivity contribution in [2.45, 2.75) is 69.8 Å². The van der Waals surface area contributed by atoms with Crippen LogP contribution in [0.4, 0.5) is 18.0 Å². The Kier molecular flexibility index (Phi) is 6.06. The van der Waals surface area contributed by atoms with Crippen LogP contribution in [0.2, 0.25) is 0 Å². The summed E-state index contributed by atoms with van der Waals surface area (Å²) >= 11 is 0. The topological polar surface area (TPSA) is 81.0 Å². The van der Waals surface area contributed by atoms with Gasteiger partial charge in [0, 0.05) is 24.2 Å². The molecule has 2 saturated carbocycles. The Labute approximate surface area is 177 Å². The predicted octanol–water partition coefficient (Wildman–Crippen LogP) is 3.70. The molecule has 0 aliphatic heterocycles. The van der Waals surface area contributed by atoms with Gasteiger partial charge in [-0.1, -0.05) is 31.4 Å². The Hall–Kier alpha value is -2.78. The highest BCUT2D eigenvalue weighted by molar-refractivity contribution is 5.74. The maximum Gasteiger partial charge on any atom is 0.416 e. The Morgan fingerprint density at radius 1 is 1.13 bits per heavy atom. The summed E-state index contributed by atoms with van der Waals surface area (Å²) in [4.78, 5) is 24.9. The summed E-state index contributed by atoms with van der Waals surface area (Å²) in [6.45, 7) is 0.338. The van der Waals surface area contributed by atoms with Gasteiger partial charge in [-0.05, 0) is 37.8 Å². The van der Waals surface area contributed by atoms with Crippen LogP contribution in [0.5, 0.6) is 0 Å². The molecular weight excluding hydrogens is 411 g/mol. The molecule has 0 bridgehead atoms. The van der Waals surface area contributed by atoms with Crippen LogP contribution >= 0.6 is 0 Å². The van der Waals surface area contributed by atoms with E-state index in [9.17, 15) is 22.8 Å². The monoisotopic (exact) mass is 437 g/mol. The van der Waals surface area contributed by atoms with E-state index in [2.05, 4.69) is 15.7 Å². The normalized spacial score (nSPS) is 17.5. The quantitative estimate of drug-likeness (QED) is 0.723. The van der Waals surface area contributed by atoms with E-state index in [-0.39, 0.29) is 48.3 Å². The fourth-order valence-electron chi connectivity index (χ4n) is 4.02. The molecule has 1 heterocycles. The molecule has 0 radical (unpaired) electrons. The zero-order valence-corrected chi connectivity index (χ0v) is 17.1. The van der Waals surface area contributed by atoms with Gasteiger partial charge in [-0.3, -0.25) is 4.57 Å². The molecule has 0 spiro atoms. The van der Waals surface area contributed by atoms with Gasteiger partial charge in [0.15, 0.2) is 5.82 Å². The second-order valence-electron chi connectivity index (χ2n) is 8.24. The molecule has 2 amide bonds. The summed E-state index contributed by atoms with van der Waals surface area (Å²) in [6, 6.07) is 4.70. The number of halogens is 3. The molecule has 2 N–H and O–H groups in total. The molecule has 0 saturated heterocycles. The first-order valence-corrected chi connectivity index (χ1v) is 10.7. The molecule has 2 fully saturated rings. The van der Waals surface area contributed by atoms with Crippen LogP contribution in [0.15, 0.2) is 29.1 Å². The fourth-order valence-corrected chi connectivity index (χ4v) is 4.02. The van der Waals surface area contributed by atoms with Crippen LogP contribution in [0.1, 0.15) is 56.6 Å². The lowest BCUT2D eigenvalue weighted by molar-refractivity contribution is -0.137. The van der Waals surface area contributed by atoms with Gasteiger partial charge in [-0.25, -0.2) is 14.3 Å². The standard InChI is InChI=1S/C21H26F3N5O2/c22-21(23,24)15-6-4-5-14(13-15)18-27-28(20(31)29(18)17-9-10-17)12-11-25-19(30)26-16-7-2-1-3-8-16/h4-6,13,16-17H,1-3,7-12H2,(H2,25,26,30). The van der Waals surface area contributed by atoms with Crippen LogP contribution in [-0.2, 0) is 12.7 Å². The van der Waals surface area contributed by atoms with Crippen LogP contribution < -0.4 is 16.3 Å². The smallest absolute Gasteiger partial charge is 0.336 e. The first-order valence-electron chi connectivity index (χ1n) is 10.7. The molecule has 1 aromatic carbocycles. The molecule has 10 heteroatoms. The van der Waals surface area contributed by atoms with Crippen molar-refractivity contribution in [2.24, 2.45) is 0 Å². The third kappa shape index (κ3) is 5.11. The number of urea groups is 1. The lowest BCUT2D eigenvalue weighted by Gasteiger charge is -2.22. The van der Waals surface area contributed by atoms with E-state index in [0.717, 1.165) is 50.7 Å². The van der Waals surface area contributed by atoms with E-state index >= 15 is 0 Å². The van der Waals surface area contributed by atoms with Crippen molar-refractivity contribution in [1.29, 1.82) is 0 Å². The van der Waals surface area contributed by atoms with E-state index < -0.39 is 11.7 Å². The number of nitrogens with one attached hydrogen (secondary N) is 2. The molecular formula is C21H26F3N5O2. The average molecular weight is 437 g/mol. The second-order valence-corrected chi connectivity index (χ2v) is 8.24. The predicted molar refractivity (Wildman–Crippen MR) is 109 cm³/mol. The van der Waals surface area contributed by atoms with Crippen molar-refractivity contribution in [3.8, 4) is 11.4 Å². The first kappa shape index (κ1) is 21.5. The number of carbonyl (C=O) groups is 1. The van der Waals surface area contributed by atoms with Gasteiger partial charge >= 0.3 is 17.9 Å². The van der Waals surface area contributed by atoms with Crippen molar-refractivity contribution in [2.75, 3.05) is 6.54 Å². The minimum Gasteiger partial charge on any atom is -0.336 e. The molecule has 2 aromatic rings. The van der Waals surface area contributed by atoms with E-state index in [0.29, 0.717) is 0 Å². The van der Waals surface area contributed by atoms with Crippen molar-refractivity contribution in [1.82, 2.24) is 25.0 Å². The maximum atomic E-state index is 13.1. The number of hydrogen-bond acceptors (Lipinski definition) is 3. The largest absolute Gasteiger partial charge is 0.416 e. The summed E-state index contributed by atoms with van der Waals surface area (Å²) < 4.78 is 42.0. The first-order chi connectivity index (χ1) is 14.8. The molecule has 4 rings (SSSR count). The van der Waals surface area contributed by atoms with E-state index in [1.165, 1.54) is 27.8 Å². The summed E-state index contributed by atoms with van der Waals surface area (Å²) in [5.74, 6) is 0.227. The second kappa shape index (κ2) is 8.76. The molecule has 0 unspecified atom stereocenters. The van der Waals surface area contributed by atoms with Crippen molar-refractivity contribution in [3.05, 3.63) is 40.3 Å². The molecule has 1 aromatic heterocycles. The Morgan fingerprint density at radius 2 is 1.87 bits per heavy atom. The van der Waals surface area contributed by atoms with Gasteiger partial charge < -0.3 is 10.6 Å². The van der Waals surface area contributed by atoms with Crippen molar-refractivity contribution >= 4 is 6.03 Å². The number of carbonyl (C=O) groups excluding carboxylic acids is 1. The number of benzene rings is 1.